The molecule has 1 aromatic carbocycles. The number of rotatable bonds is 4. The Balaban J connectivity index is 2.25. The lowest BCUT2D eigenvalue weighted by Gasteiger charge is -2.20. The number of ether oxygens (including phenoxy) is 1. The van der Waals surface area contributed by atoms with Gasteiger partial charge in [0.15, 0.2) is 11.6 Å². The van der Waals surface area contributed by atoms with Crippen LogP contribution in [0.15, 0.2) is 22.7 Å². The van der Waals surface area contributed by atoms with E-state index in [-0.39, 0.29) is 5.75 Å². The molecule has 2 aromatic rings. The van der Waals surface area contributed by atoms with Crippen LogP contribution >= 0.6 is 0 Å². The van der Waals surface area contributed by atoms with Gasteiger partial charge in [0.2, 0.25) is 0 Å². The van der Waals surface area contributed by atoms with Crippen molar-refractivity contribution in [1.29, 1.82) is 0 Å². The molecule has 0 bridgehead atoms. The topological polar surface area (TPSA) is 64.5 Å². The minimum Gasteiger partial charge on any atom is -0.494 e. The normalized spacial score (nSPS) is 10.5. The van der Waals surface area contributed by atoms with Crippen molar-refractivity contribution in [1.82, 2.24) is 5.16 Å². The van der Waals surface area contributed by atoms with Gasteiger partial charge >= 0.3 is 0 Å². The third-order valence-corrected chi connectivity index (χ3v) is 2.79. The predicted molar refractivity (Wildman–Crippen MR) is 70.7 cm³/mol. The van der Waals surface area contributed by atoms with E-state index < -0.39 is 5.82 Å². The molecular weight excluding hydrogens is 249 g/mol. The molecule has 0 fully saturated rings. The fourth-order valence-electron chi connectivity index (χ4n) is 1.87. The van der Waals surface area contributed by atoms with Crippen molar-refractivity contribution in [2.75, 3.05) is 24.8 Å². The van der Waals surface area contributed by atoms with Crippen molar-refractivity contribution < 1.29 is 13.7 Å². The molecule has 0 saturated carbocycles. The zero-order valence-corrected chi connectivity index (χ0v) is 11.1. The second-order valence-corrected chi connectivity index (χ2v) is 4.33. The first-order valence-electron chi connectivity index (χ1n) is 5.77. The van der Waals surface area contributed by atoms with E-state index in [1.165, 1.54) is 13.2 Å². The number of aryl methyl sites for hydroxylation is 1. The van der Waals surface area contributed by atoms with Gasteiger partial charge in [-0.15, -0.1) is 0 Å². The Morgan fingerprint density at radius 3 is 2.74 bits per heavy atom. The summed E-state index contributed by atoms with van der Waals surface area (Å²) in [5, 5.41) is 3.91. The number of anilines is 2. The number of halogens is 1. The largest absolute Gasteiger partial charge is 0.494 e. The summed E-state index contributed by atoms with van der Waals surface area (Å²) in [6, 6.07) is 4.66. The molecule has 5 nitrogen and oxygen atoms in total. The van der Waals surface area contributed by atoms with Crippen molar-refractivity contribution in [2.45, 2.75) is 13.5 Å². The van der Waals surface area contributed by atoms with Crippen LogP contribution in [0.1, 0.15) is 11.5 Å². The van der Waals surface area contributed by atoms with E-state index in [2.05, 4.69) is 5.16 Å². The minimum atomic E-state index is -0.477. The molecule has 2 rings (SSSR count). The highest BCUT2D eigenvalue weighted by atomic mass is 19.1. The molecule has 0 spiro atoms. The lowest BCUT2D eigenvalue weighted by Crippen LogP contribution is -2.18. The van der Waals surface area contributed by atoms with Gasteiger partial charge in [-0.25, -0.2) is 4.39 Å². The first kappa shape index (κ1) is 13.2. The van der Waals surface area contributed by atoms with Gasteiger partial charge in [-0.05, 0) is 6.92 Å². The van der Waals surface area contributed by atoms with Crippen LogP contribution in [0.5, 0.6) is 5.75 Å². The van der Waals surface area contributed by atoms with Gasteiger partial charge in [0, 0.05) is 25.2 Å². The molecule has 1 aromatic heterocycles. The van der Waals surface area contributed by atoms with Crippen LogP contribution in [0.3, 0.4) is 0 Å². The molecule has 0 aliphatic carbocycles. The van der Waals surface area contributed by atoms with Crippen LogP contribution in [-0.4, -0.2) is 19.3 Å². The van der Waals surface area contributed by atoms with Crippen molar-refractivity contribution in [3.63, 3.8) is 0 Å². The summed E-state index contributed by atoms with van der Waals surface area (Å²) in [4.78, 5) is 1.86. The fourth-order valence-corrected chi connectivity index (χ4v) is 1.87. The third kappa shape index (κ3) is 2.78. The van der Waals surface area contributed by atoms with Gasteiger partial charge in [0.25, 0.3) is 0 Å². The lowest BCUT2D eigenvalue weighted by atomic mass is 10.2. The second kappa shape index (κ2) is 5.17. The molecule has 19 heavy (non-hydrogen) atoms. The van der Waals surface area contributed by atoms with E-state index in [0.29, 0.717) is 17.9 Å². The van der Waals surface area contributed by atoms with Crippen LogP contribution in [0.25, 0.3) is 0 Å². The number of hydrogen-bond acceptors (Lipinski definition) is 5. The zero-order chi connectivity index (χ0) is 14.0. The summed E-state index contributed by atoms with van der Waals surface area (Å²) < 4.78 is 23.4. The Morgan fingerprint density at radius 2 is 2.16 bits per heavy atom. The van der Waals surface area contributed by atoms with Crippen LogP contribution in [0.2, 0.25) is 0 Å². The monoisotopic (exact) mass is 265 g/mol. The van der Waals surface area contributed by atoms with Crippen molar-refractivity contribution in [2.24, 2.45) is 0 Å². The average molecular weight is 265 g/mol. The van der Waals surface area contributed by atoms with Crippen LogP contribution in [-0.2, 0) is 6.54 Å². The van der Waals surface area contributed by atoms with E-state index in [9.17, 15) is 4.39 Å². The SMILES string of the molecule is COc1cc(N(C)Cc2cc(C)on2)c(N)cc1F. The Morgan fingerprint density at radius 1 is 1.42 bits per heavy atom. The number of nitrogens with zero attached hydrogens (tertiary/aromatic N) is 2. The van der Waals surface area contributed by atoms with E-state index in [1.807, 2.05) is 24.9 Å². The maximum absolute atomic E-state index is 13.5. The quantitative estimate of drug-likeness (QED) is 0.860. The second-order valence-electron chi connectivity index (χ2n) is 4.33. The number of hydrogen-bond donors (Lipinski definition) is 1. The molecule has 0 unspecified atom stereocenters. The van der Waals surface area contributed by atoms with Crippen molar-refractivity contribution >= 4 is 11.4 Å². The number of benzene rings is 1. The Bertz CT molecular complexity index is 583. The van der Waals surface area contributed by atoms with Gasteiger partial charge in [0.05, 0.1) is 25.0 Å². The van der Waals surface area contributed by atoms with Gasteiger partial charge in [-0.1, -0.05) is 5.16 Å². The fraction of sp³-hybridized carbons (Fsp3) is 0.308. The molecular formula is C13H16FN3O2. The van der Waals surface area contributed by atoms with Crippen LogP contribution in [0, 0.1) is 12.7 Å². The summed E-state index contributed by atoms with van der Waals surface area (Å²) in [7, 11) is 3.26. The first-order chi connectivity index (χ1) is 9.01. The van der Waals surface area contributed by atoms with E-state index >= 15 is 0 Å². The number of aromatic nitrogens is 1. The van der Waals surface area contributed by atoms with Gasteiger partial charge < -0.3 is 19.9 Å². The van der Waals surface area contributed by atoms with Crippen molar-refractivity contribution in [3.05, 3.63) is 35.5 Å². The maximum Gasteiger partial charge on any atom is 0.167 e. The Hall–Kier alpha value is -2.24. The summed E-state index contributed by atoms with van der Waals surface area (Å²) >= 11 is 0. The Labute approximate surface area is 110 Å². The smallest absolute Gasteiger partial charge is 0.167 e. The third-order valence-electron chi connectivity index (χ3n) is 2.79. The Kier molecular flexibility index (Phi) is 3.59. The first-order valence-corrected chi connectivity index (χ1v) is 5.77. The van der Waals surface area contributed by atoms with Gasteiger partial charge in [-0.2, -0.15) is 0 Å². The maximum atomic E-state index is 13.5. The predicted octanol–water partition coefficient (Wildman–Crippen LogP) is 2.35. The van der Waals surface area contributed by atoms with Crippen LogP contribution in [0.4, 0.5) is 15.8 Å². The number of nitrogen functional groups attached to an aromatic ring is 1. The zero-order valence-electron chi connectivity index (χ0n) is 11.1. The van der Waals surface area contributed by atoms with Gasteiger partial charge in [0.1, 0.15) is 11.5 Å². The average Bonchev–Trinajstić information content (AvgIpc) is 2.74. The molecule has 0 saturated heterocycles. The minimum absolute atomic E-state index is 0.160. The molecule has 0 aliphatic heterocycles. The molecule has 102 valence electrons. The summed E-state index contributed by atoms with van der Waals surface area (Å²) in [6.07, 6.45) is 0. The van der Waals surface area contributed by atoms with E-state index in [1.54, 1.807) is 6.07 Å². The molecule has 0 aliphatic rings. The summed E-state index contributed by atoms with van der Waals surface area (Å²) in [5.41, 5.74) is 7.63. The van der Waals surface area contributed by atoms with E-state index in [0.717, 1.165) is 11.5 Å². The van der Waals surface area contributed by atoms with Crippen LogP contribution < -0.4 is 15.4 Å². The molecule has 0 amide bonds. The molecule has 0 atom stereocenters. The van der Waals surface area contributed by atoms with Crippen molar-refractivity contribution in [3.8, 4) is 5.75 Å². The van der Waals surface area contributed by atoms with E-state index in [4.69, 9.17) is 15.0 Å². The molecule has 2 N–H and O–H groups in total. The highest BCUT2D eigenvalue weighted by molar-refractivity contribution is 5.69. The summed E-state index contributed by atoms with van der Waals surface area (Å²) in [5.74, 6) is 0.426. The summed E-state index contributed by atoms with van der Waals surface area (Å²) in [6.45, 7) is 2.34. The number of nitrogens with two attached hydrogens (primary N) is 1. The molecule has 1 heterocycles. The standard InChI is InChI=1S/C13H16FN3O2/c1-8-4-9(16-19-8)7-17(2)12-6-13(18-3)10(14)5-11(12)15/h4-6H,7,15H2,1-3H3. The number of methoxy groups -OCH3 is 1. The van der Waals surface area contributed by atoms with Gasteiger partial charge in [-0.3, -0.25) is 0 Å². The highest BCUT2D eigenvalue weighted by Gasteiger charge is 2.13. The lowest BCUT2D eigenvalue weighted by molar-refractivity contribution is 0.386. The highest BCUT2D eigenvalue weighted by Crippen LogP contribution is 2.30. The molecule has 6 heteroatoms. The molecule has 0 radical (unpaired) electrons.